The van der Waals surface area contributed by atoms with E-state index in [2.05, 4.69) is 25.4 Å². The molecule has 0 fully saturated rings. The van der Waals surface area contributed by atoms with Crippen LogP contribution >= 0.6 is 0 Å². The van der Waals surface area contributed by atoms with E-state index >= 15 is 0 Å². The molecule has 0 bridgehead atoms. The van der Waals surface area contributed by atoms with Gasteiger partial charge in [0.05, 0.1) is 5.56 Å². The van der Waals surface area contributed by atoms with E-state index in [1.54, 1.807) is 37.3 Å². The number of para-hydroxylation sites is 1. The van der Waals surface area contributed by atoms with Crippen molar-refractivity contribution in [3.63, 3.8) is 0 Å². The zero-order valence-corrected chi connectivity index (χ0v) is 15.7. The van der Waals surface area contributed by atoms with Gasteiger partial charge in [0.1, 0.15) is 17.4 Å². The van der Waals surface area contributed by atoms with Gasteiger partial charge in [0, 0.05) is 24.6 Å². The van der Waals surface area contributed by atoms with Gasteiger partial charge in [-0.1, -0.05) is 31.1 Å². The minimum absolute atomic E-state index is 0.103. The minimum Gasteiger partial charge on any atom is -0.485 e. The van der Waals surface area contributed by atoms with Crippen LogP contribution in [-0.2, 0) is 6.61 Å². The monoisotopic (exact) mass is 367 g/mol. The third-order valence-corrected chi connectivity index (χ3v) is 3.69. The third kappa shape index (κ3) is 4.66. The van der Waals surface area contributed by atoms with Gasteiger partial charge in [-0.2, -0.15) is 4.98 Å². The number of hydrogen-bond donors (Lipinski definition) is 1. The van der Waals surface area contributed by atoms with Crippen molar-refractivity contribution in [2.24, 2.45) is 0 Å². The Labute approximate surface area is 157 Å². The molecule has 1 amide bonds. The van der Waals surface area contributed by atoms with Crippen molar-refractivity contribution >= 4 is 11.7 Å². The van der Waals surface area contributed by atoms with E-state index in [-0.39, 0.29) is 18.4 Å². The molecule has 3 aromatic rings. The number of aryl methyl sites for hydroxylation is 2. The Morgan fingerprint density at radius 3 is 2.67 bits per heavy atom. The summed E-state index contributed by atoms with van der Waals surface area (Å²) < 4.78 is 10.6. The lowest BCUT2D eigenvalue weighted by Crippen LogP contribution is -2.16. The lowest BCUT2D eigenvalue weighted by Gasteiger charge is -2.12. The molecule has 0 aliphatic rings. The average molecular weight is 367 g/mol. The van der Waals surface area contributed by atoms with Crippen LogP contribution in [0.5, 0.6) is 5.75 Å². The number of rotatable bonds is 6. The molecule has 1 N–H and O–H groups in total. The normalized spacial score (nSPS) is 10.9. The maximum Gasteiger partial charge on any atom is 0.260 e. The molecule has 8 heteroatoms. The second kappa shape index (κ2) is 7.94. The maximum atomic E-state index is 12.7. The molecule has 0 radical (unpaired) electrons. The summed E-state index contributed by atoms with van der Waals surface area (Å²) in [6, 6.07) is 8.69. The maximum absolute atomic E-state index is 12.7. The van der Waals surface area contributed by atoms with Crippen LogP contribution in [0.1, 0.15) is 53.4 Å². The first-order valence-corrected chi connectivity index (χ1v) is 8.60. The zero-order valence-electron chi connectivity index (χ0n) is 15.7. The van der Waals surface area contributed by atoms with E-state index in [0.717, 1.165) is 5.69 Å². The number of aromatic nitrogens is 4. The Morgan fingerprint density at radius 1 is 1.19 bits per heavy atom. The van der Waals surface area contributed by atoms with E-state index in [1.807, 2.05) is 20.8 Å². The lowest BCUT2D eigenvalue weighted by atomic mass is 10.2. The van der Waals surface area contributed by atoms with Crippen LogP contribution in [0.15, 0.2) is 34.9 Å². The molecular formula is C19H21N5O3. The second-order valence-corrected chi connectivity index (χ2v) is 6.38. The number of carbonyl (C=O) groups is 1. The van der Waals surface area contributed by atoms with E-state index in [0.29, 0.717) is 34.7 Å². The molecule has 0 aliphatic heterocycles. The van der Waals surface area contributed by atoms with Crippen LogP contribution in [0, 0.1) is 13.8 Å². The van der Waals surface area contributed by atoms with E-state index in [1.165, 1.54) is 0 Å². The summed E-state index contributed by atoms with van der Waals surface area (Å²) in [4.78, 5) is 25.6. The highest BCUT2D eigenvalue weighted by Crippen LogP contribution is 2.21. The molecule has 0 unspecified atom stereocenters. The van der Waals surface area contributed by atoms with Crippen LogP contribution in [0.3, 0.4) is 0 Å². The van der Waals surface area contributed by atoms with Gasteiger partial charge in [0.2, 0.25) is 11.7 Å². The molecule has 2 aromatic heterocycles. The smallest absolute Gasteiger partial charge is 0.260 e. The number of amides is 1. The number of carbonyl (C=O) groups excluding carboxylic acids is 1. The van der Waals surface area contributed by atoms with Crippen molar-refractivity contribution in [2.45, 2.75) is 40.2 Å². The Balaban J connectivity index is 1.77. The number of anilines is 1. The SMILES string of the molecule is Cc1cc(NC(=O)c2ccccc2OCc2noc(C)n2)nc(C(C)C)n1. The predicted molar refractivity (Wildman–Crippen MR) is 98.6 cm³/mol. The fourth-order valence-corrected chi connectivity index (χ4v) is 2.42. The number of ether oxygens (including phenoxy) is 1. The highest BCUT2D eigenvalue weighted by atomic mass is 16.5. The molecule has 8 nitrogen and oxygen atoms in total. The Morgan fingerprint density at radius 2 is 1.96 bits per heavy atom. The van der Waals surface area contributed by atoms with Gasteiger partial charge in [0.15, 0.2) is 6.61 Å². The van der Waals surface area contributed by atoms with Crippen LogP contribution in [0.2, 0.25) is 0 Å². The van der Waals surface area contributed by atoms with Crippen LogP contribution in [0.25, 0.3) is 0 Å². The molecular weight excluding hydrogens is 346 g/mol. The van der Waals surface area contributed by atoms with Crippen molar-refractivity contribution in [3.8, 4) is 5.75 Å². The van der Waals surface area contributed by atoms with Crippen molar-refractivity contribution < 1.29 is 14.1 Å². The summed E-state index contributed by atoms with van der Waals surface area (Å²) in [5, 5.41) is 6.60. The highest BCUT2D eigenvalue weighted by molar-refractivity contribution is 6.05. The van der Waals surface area contributed by atoms with Crippen LogP contribution < -0.4 is 10.1 Å². The lowest BCUT2D eigenvalue weighted by molar-refractivity contribution is 0.102. The molecule has 0 saturated heterocycles. The molecule has 0 saturated carbocycles. The number of nitrogens with zero attached hydrogens (tertiary/aromatic N) is 4. The van der Waals surface area contributed by atoms with Crippen molar-refractivity contribution in [3.05, 3.63) is 59.1 Å². The predicted octanol–water partition coefficient (Wildman–Crippen LogP) is 3.43. The molecule has 3 rings (SSSR count). The van der Waals surface area contributed by atoms with Crippen molar-refractivity contribution in [1.29, 1.82) is 0 Å². The molecule has 1 aromatic carbocycles. The molecule has 0 spiro atoms. The summed E-state index contributed by atoms with van der Waals surface area (Å²) in [6.45, 7) is 7.68. The van der Waals surface area contributed by atoms with Gasteiger partial charge in [0.25, 0.3) is 5.91 Å². The highest BCUT2D eigenvalue weighted by Gasteiger charge is 2.15. The molecule has 0 aliphatic carbocycles. The standard InChI is InChI=1S/C19H21N5O3/c1-11(2)18-20-12(3)9-16(22-18)23-19(25)14-7-5-6-8-15(14)26-10-17-21-13(4)27-24-17/h5-9,11H,10H2,1-4H3,(H,20,22,23,25). The number of benzene rings is 1. The third-order valence-electron chi connectivity index (χ3n) is 3.69. The molecule has 2 heterocycles. The zero-order chi connectivity index (χ0) is 19.4. The van der Waals surface area contributed by atoms with E-state index in [4.69, 9.17) is 9.26 Å². The number of hydrogen-bond acceptors (Lipinski definition) is 7. The van der Waals surface area contributed by atoms with Gasteiger partial charge in [-0.25, -0.2) is 9.97 Å². The fourth-order valence-electron chi connectivity index (χ4n) is 2.42. The molecule has 0 atom stereocenters. The topological polar surface area (TPSA) is 103 Å². The largest absolute Gasteiger partial charge is 0.485 e. The fraction of sp³-hybridized carbons (Fsp3) is 0.316. The Bertz CT molecular complexity index is 952. The van der Waals surface area contributed by atoms with Crippen LogP contribution in [-0.4, -0.2) is 26.0 Å². The average Bonchev–Trinajstić information content (AvgIpc) is 3.05. The van der Waals surface area contributed by atoms with Gasteiger partial charge < -0.3 is 14.6 Å². The van der Waals surface area contributed by atoms with Crippen LogP contribution in [0.4, 0.5) is 5.82 Å². The summed E-state index contributed by atoms with van der Waals surface area (Å²) in [5.74, 6) is 2.28. The first-order valence-electron chi connectivity index (χ1n) is 8.60. The number of nitrogens with one attached hydrogen (secondary N) is 1. The van der Waals surface area contributed by atoms with Gasteiger partial charge in [-0.05, 0) is 19.1 Å². The Kier molecular flexibility index (Phi) is 5.44. The quantitative estimate of drug-likeness (QED) is 0.712. The summed E-state index contributed by atoms with van der Waals surface area (Å²) in [7, 11) is 0. The van der Waals surface area contributed by atoms with Crippen molar-refractivity contribution in [1.82, 2.24) is 20.1 Å². The van der Waals surface area contributed by atoms with Gasteiger partial charge in [-0.3, -0.25) is 4.79 Å². The second-order valence-electron chi connectivity index (χ2n) is 6.38. The molecule has 27 heavy (non-hydrogen) atoms. The summed E-state index contributed by atoms with van der Waals surface area (Å²) in [5.41, 5.74) is 1.18. The van der Waals surface area contributed by atoms with Gasteiger partial charge in [-0.15, -0.1) is 0 Å². The van der Waals surface area contributed by atoms with Gasteiger partial charge >= 0.3 is 0 Å². The summed E-state index contributed by atoms with van der Waals surface area (Å²) >= 11 is 0. The molecule has 140 valence electrons. The van der Waals surface area contributed by atoms with Crippen molar-refractivity contribution in [2.75, 3.05) is 5.32 Å². The van der Waals surface area contributed by atoms with E-state index in [9.17, 15) is 4.79 Å². The first-order chi connectivity index (χ1) is 12.9. The Hall–Kier alpha value is -3.29. The minimum atomic E-state index is -0.317. The van der Waals surface area contributed by atoms with E-state index < -0.39 is 0 Å². The summed E-state index contributed by atoms with van der Waals surface area (Å²) in [6.07, 6.45) is 0. The first kappa shape index (κ1) is 18.5.